The fraction of sp³-hybridized carbons (Fsp3) is 0.409. The van der Waals surface area contributed by atoms with Gasteiger partial charge < -0.3 is 15.0 Å². The molecule has 0 unspecified atom stereocenters. The number of nitrogens with zero attached hydrogens (tertiary/aromatic N) is 1. The smallest absolute Gasteiger partial charge is 0.321 e. The summed E-state index contributed by atoms with van der Waals surface area (Å²) >= 11 is 0. The van der Waals surface area contributed by atoms with Gasteiger partial charge in [-0.15, -0.1) is 0 Å². The lowest BCUT2D eigenvalue weighted by molar-refractivity contribution is 0.194. The van der Waals surface area contributed by atoms with Crippen LogP contribution in [-0.4, -0.2) is 31.1 Å². The largest absolute Gasteiger partial charge is 0.496 e. The third kappa shape index (κ3) is 3.85. The zero-order valence-electron chi connectivity index (χ0n) is 16.1. The Bertz CT molecular complexity index is 793. The highest BCUT2D eigenvalue weighted by molar-refractivity contribution is 5.90. The van der Waals surface area contributed by atoms with Crippen molar-refractivity contribution >= 4 is 11.7 Å². The first-order chi connectivity index (χ1) is 12.5. The lowest BCUT2D eigenvalue weighted by Gasteiger charge is -2.33. The number of urea groups is 1. The molecule has 26 heavy (non-hydrogen) atoms. The number of anilines is 1. The van der Waals surface area contributed by atoms with E-state index in [1.807, 2.05) is 24.0 Å². The average Bonchev–Trinajstić information content (AvgIpc) is 2.66. The Morgan fingerprint density at radius 3 is 2.38 bits per heavy atom. The monoisotopic (exact) mass is 352 g/mol. The van der Waals surface area contributed by atoms with Crippen LogP contribution in [0.15, 0.2) is 36.4 Å². The number of amides is 2. The van der Waals surface area contributed by atoms with Gasteiger partial charge in [0.05, 0.1) is 7.11 Å². The molecule has 1 aliphatic rings. The Hall–Kier alpha value is -2.49. The first-order valence-corrected chi connectivity index (χ1v) is 9.26. The number of nitrogens with one attached hydrogen (secondary N) is 1. The maximum absolute atomic E-state index is 12.7. The van der Waals surface area contributed by atoms with Gasteiger partial charge in [0.2, 0.25) is 0 Å². The lowest BCUT2D eigenvalue weighted by atomic mass is 9.89. The highest BCUT2D eigenvalue weighted by Gasteiger charge is 2.25. The number of piperidine rings is 1. The zero-order chi connectivity index (χ0) is 18.7. The van der Waals surface area contributed by atoms with E-state index >= 15 is 0 Å². The van der Waals surface area contributed by atoms with Gasteiger partial charge in [0.25, 0.3) is 0 Å². The second-order valence-electron chi connectivity index (χ2n) is 7.18. The normalized spacial score (nSPS) is 15.0. The second kappa shape index (κ2) is 7.81. The van der Waals surface area contributed by atoms with Gasteiger partial charge in [0.15, 0.2) is 0 Å². The number of para-hydroxylation sites is 1. The molecule has 138 valence electrons. The SMILES string of the molecule is COc1ccccc1C1CCN(C(=O)Nc2cc(C)c(C)cc2C)CC1. The lowest BCUT2D eigenvalue weighted by Crippen LogP contribution is -2.40. The van der Waals surface area contributed by atoms with E-state index in [4.69, 9.17) is 4.74 Å². The molecule has 2 amide bonds. The molecule has 0 radical (unpaired) electrons. The number of methoxy groups -OCH3 is 1. The Balaban J connectivity index is 1.63. The summed E-state index contributed by atoms with van der Waals surface area (Å²) < 4.78 is 5.49. The Morgan fingerprint density at radius 2 is 1.69 bits per heavy atom. The first kappa shape index (κ1) is 18.3. The summed E-state index contributed by atoms with van der Waals surface area (Å²) in [5, 5.41) is 3.09. The predicted octanol–water partition coefficient (Wildman–Crippen LogP) is 5.03. The molecule has 1 aliphatic heterocycles. The van der Waals surface area contributed by atoms with Gasteiger partial charge in [0.1, 0.15) is 5.75 Å². The molecular formula is C22H28N2O2. The van der Waals surface area contributed by atoms with Gasteiger partial charge in [-0.3, -0.25) is 0 Å². The molecule has 1 heterocycles. The zero-order valence-corrected chi connectivity index (χ0v) is 16.1. The van der Waals surface area contributed by atoms with Gasteiger partial charge in [0, 0.05) is 18.8 Å². The van der Waals surface area contributed by atoms with Crippen LogP contribution < -0.4 is 10.1 Å². The predicted molar refractivity (Wildman–Crippen MR) is 106 cm³/mol. The van der Waals surface area contributed by atoms with Crippen molar-refractivity contribution in [1.29, 1.82) is 0 Å². The minimum Gasteiger partial charge on any atom is -0.496 e. The number of ether oxygens (including phenoxy) is 1. The van der Waals surface area contributed by atoms with Crippen molar-refractivity contribution in [1.82, 2.24) is 4.90 Å². The number of benzene rings is 2. The van der Waals surface area contributed by atoms with Crippen molar-refractivity contribution in [3.63, 3.8) is 0 Å². The highest BCUT2D eigenvalue weighted by Crippen LogP contribution is 2.34. The molecule has 2 aromatic carbocycles. The number of likely N-dealkylation sites (tertiary alicyclic amines) is 1. The van der Waals surface area contributed by atoms with Crippen LogP contribution in [0.2, 0.25) is 0 Å². The minimum atomic E-state index is -0.00479. The summed E-state index contributed by atoms with van der Waals surface area (Å²) in [5.74, 6) is 1.39. The molecule has 0 aromatic heterocycles. The molecule has 0 aliphatic carbocycles. The molecule has 0 bridgehead atoms. The van der Waals surface area contributed by atoms with E-state index in [1.54, 1.807) is 7.11 Å². The number of hydrogen-bond donors (Lipinski definition) is 1. The van der Waals surface area contributed by atoms with Crippen molar-refractivity contribution in [2.75, 3.05) is 25.5 Å². The number of carbonyl (C=O) groups is 1. The standard InChI is InChI=1S/C22H28N2O2/c1-15-13-17(3)20(14-16(15)2)23-22(25)24-11-9-18(10-12-24)19-7-5-6-8-21(19)26-4/h5-8,13-14,18H,9-12H2,1-4H3,(H,23,25). The number of hydrogen-bond acceptors (Lipinski definition) is 2. The van der Waals surface area contributed by atoms with Crippen LogP contribution in [-0.2, 0) is 0 Å². The maximum Gasteiger partial charge on any atom is 0.321 e. The molecule has 3 rings (SSSR count). The van der Waals surface area contributed by atoms with Crippen molar-refractivity contribution in [3.8, 4) is 5.75 Å². The molecular weight excluding hydrogens is 324 g/mol. The van der Waals surface area contributed by atoms with Crippen molar-refractivity contribution in [3.05, 3.63) is 58.7 Å². The molecule has 0 spiro atoms. The average molecular weight is 352 g/mol. The third-order valence-electron chi connectivity index (χ3n) is 5.44. The fourth-order valence-electron chi connectivity index (χ4n) is 3.69. The van der Waals surface area contributed by atoms with Gasteiger partial charge in [-0.05, 0) is 73.9 Å². The first-order valence-electron chi connectivity index (χ1n) is 9.26. The van der Waals surface area contributed by atoms with E-state index in [0.717, 1.165) is 42.9 Å². The summed E-state index contributed by atoms with van der Waals surface area (Å²) in [4.78, 5) is 14.6. The summed E-state index contributed by atoms with van der Waals surface area (Å²) in [6, 6.07) is 12.4. The van der Waals surface area contributed by atoms with Crippen LogP contribution in [0.25, 0.3) is 0 Å². The van der Waals surface area contributed by atoms with Crippen LogP contribution >= 0.6 is 0 Å². The Kier molecular flexibility index (Phi) is 5.50. The minimum absolute atomic E-state index is 0.00479. The van der Waals surface area contributed by atoms with E-state index in [2.05, 4.69) is 43.4 Å². The quantitative estimate of drug-likeness (QED) is 0.841. The van der Waals surface area contributed by atoms with E-state index in [0.29, 0.717) is 5.92 Å². The van der Waals surface area contributed by atoms with Crippen molar-refractivity contribution in [2.45, 2.75) is 39.5 Å². The molecule has 0 atom stereocenters. The third-order valence-corrected chi connectivity index (χ3v) is 5.44. The molecule has 1 saturated heterocycles. The van der Waals surface area contributed by atoms with Gasteiger partial charge in [-0.25, -0.2) is 4.79 Å². The van der Waals surface area contributed by atoms with Crippen molar-refractivity contribution < 1.29 is 9.53 Å². The van der Waals surface area contributed by atoms with E-state index < -0.39 is 0 Å². The molecule has 1 fully saturated rings. The highest BCUT2D eigenvalue weighted by atomic mass is 16.5. The fourth-order valence-corrected chi connectivity index (χ4v) is 3.69. The summed E-state index contributed by atoms with van der Waals surface area (Å²) in [6.45, 7) is 7.73. The molecule has 0 saturated carbocycles. The van der Waals surface area contributed by atoms with Crippen LogP contribution in [0.4, 0.5) is 10.5 Å². The Morgan fingerprint density at radius 1 is 1.04 bits per heavy atom. The second-order valence-corrected chi connectivity index (χ2v) is 7.18. The van der Waals surface area contributed by atoms with E-state index in [-0.39, 0.29) is 6.03 Å². The molecule has 1 N–H and O–H groups in total. The van der Waals surface area contributed by atoms with E-state index in [9.17, 15) is 4.79 Å². The van der Waals surface area contributed by atoms with Gasteiger partial charge >= 0.3 is 6.03 Å². The maximum atomic E-state index is 12.7. The molecule has 2 aromatic rings. The van der Waals surface area contributed by atoms with Gasteiger partial charge in [-0.1, -0.05) is 24.3 Å². The summed E-state index contributed by atoms with van der Waals surface area (Å²) in [6.07, 6.45) is 1.92. The van der Waals surface area contributed by atoms with Crippen molar-refractivity contribution in [2.24, 2.45) is 0 Å². The van der Waals surface area contributed by atoms with Gasteiger partial charge in [-0.2, -0.15) is 0 Å². The van der Waals surface area contributed by atoms with Crippen LogP contribution in [0.5, 0.6) is 5.75 Å². The summed E-state index contributed by atoms with van der Waals surface area (Å²) in [7, 11) is 1.72. The molecule has 4 nitrogen and oxygen atoms in total. The van der Waals surface area contributed by atoms with Crippen LogP contribution in [0, 0.1) is 20.8 Å². The van der Waals surface area contributed by atoms with Crippen LogP contribution in [0.1, 0.15) is 41.0 Å². The number of aryl methyl sites for hydroxylation is 3. The molecule has 4 heteroatoms. The van der Waals surface area contributed by atoms with Crippen LogP contribution in [0.3, 0.4) is 0 Å². The number of rotatable bonds is 3. The van der Waals surface area contributed by atoms with E-state index in [1.165, 1.54) is 16.7 Å². The Labute approximate surface area is 156 Å². The number of carbonyl (C=O) groups excluding carboxylic acids is 1. The topological polar surface area (TPSA) is 41.6 Å². The summed E-state index contributed by atoms with van der Waals surface area (Å²) in [5.41, 5.74) is 5.70.